The molecule has 1 aliphatic heterocycles. The van der Waals surface area contributed by atoms with E-state index in [4.69, 9.17) is 9.47 Å². The summed E-state index contributed by atoms with van der Waals surface area (Å²) in [6, 6.07) is 17.2. The monoisotopic (exact) mass is 431 g/mol. The van der Waals surface area contributed by atoms with Crippen LogP contribution in [0.1, 0.15) is 50.7 Å². The number of hydrogen-bond donors (Lipinski definition) is 1. The average Bonchev–Trinajstić information content (AvgIpc) is 2.76. The van der Waals surface area contributed by atoms with Crippen LogP contribution in [-0.2, 0) is 20.9 Å². The minimum absolute atomic E-state index is 0.0671. The van der Waals surface area contributed by atoms with E-state index in [9.17, 15) is 9.59 Å². The van der Waals surface area contributed by atoms with Gasteiger partial charge >= 0.3 is 5.97 Å². The highest BCUT2D eigenvalue weighted by Gasteiger charge is 2.43. The Balaban J connectivity index is 1.75. The summed E-state index contributed by atoms with van der Waals surface area (Å²) in [7, 11) is 1.61. The average molecular weight is 432 g/mol. The Bertz CT molecular complexity index is 1110. The number of rotatable bonds is 5. The van der Waals surface area contributed by atoms with Gasteiger partial charge in [0, 0.05) is 29.3 Å². The zero-order valence-electron chi connectivity index (χ0n) is 19.0. The zero-order valence-corrected chi connectivity index (χ0v) is 19.0. The molecule has 2 aromatic rings. The summed E-state index contributed by atoms with van der Waals surface area (Å²) in [6.07, 6.45) is 1.19. The largest absolute Gasteiger partial charge is 0.497 e. The molecule has 1 atom stereocenters. The number of carbonyl (C=O) groups excluding carboxylic acids is 2. The lowest BCUT2D eigenvalue weighted by atomic mass is 9.68. The van der Waals surface area contributed by atoms with E-state index in [1.807, 2.05) is 61.5 Å². The summed E-state index contributed by atoms with van der Waals surface area (Å²) in [6.45, 7) is 6.25. The quantitative estimate of drug-likeness (QED) is 0.672. The second-order valence-electron chi connectivity index (χ2n) is 9.27. The molecule has 1 N–H and O–H groups in total. The van der Waals surface area contributed by atoms with Crippen molar-refractivity contribution >= 4 is 11.8 Å². The number of allylic oxidation sites excluding steroid dienone is 3. The number of ether oxygens (including phenoxy) is 2. The van der Waals surface area contributed by atoms with E-state index in [0.717, 1.165) is 28.9 Å². The van der Waals surface area contributed by atoms with Crippen LogP contribution < -0.4 is 10.1 Å². The van der Waals surface area contributed by atoms with Crippen LogP contribution in [0.2, 0.25) is 0 Å². The van der Waals surface area contributed by atoms with Gasteiger partial charge in [0.2, 0.25) is 0 Å². The molecule has 0 fully saturated rings. The standard InChI is InChI=1S/C27H29NO4/c1-17-23(26(30)32-16-18-9-6-5-7-10-18)24(19-11-8-12-20(13-19)31-4)25-21(28-17)14-27(2,3)15-22(25)29/h5-13,24,28H,14-16H2,1-4H3/t24-/m0/s1. The van der Waals surface area contributed by atoms with Crippen molar-refractivity contribution in [2.45, 2.75) is 46.1 Å². The van der Waals surface area contributed by atoms with E-state index in [-0.39, 0.29) is 17.8 Å². The molecule has 32 heavy (non-hydrogen) atoms. The molecule has 5 heteroatoms. The van der Waals surface area contributed by atoms with Crippen molar-refractivity contribution in [1.29, 1.82) is 0 Å². The maximum Gasteiger partial charge on any atom is 0.337 e. The summed E-state index contributed by atoms with van der Waals surface area (Å²) < 4.78 is 11.1. The molecule has 0 saturated heterocycles. The van der Waals surface area contributed by atoms with Gasteiger partial charge in [-0.2, -0.15) is 0 Å². The highest BCUT2D eigenvalue weighted by molar-refractivity contribution is 6.04. The number of benzene rings is 2. The molecule has 0 spiro atoms. The maximum absolute atomic E-state index is 13.3. The van der Waals surface area contributed by atoms with Gasteiger partial charge in [-0.05, 0) is 42.0 Å². The van der Waals surface area contributed by atoms with Crippen LogP contribution >= 0.6 is 0 Å². The van der Waals surface area contributed by atoms with Crippen molar-refractivity contribution in [2.24, 2.45) is 5.41 Å². The highest BCUT2D eigenvalue weighted by Crippen LogP contribution is 2.47. The molecule has 2 aromatic carbocycles. The van der Waals surface area contributed by atoms with Crippen molar-refractivity contribution in [3.63, 3.8) is 0 Å². The minimum atomic E-state index is -0.492. The van der Waals surface area contributed by atoms with Gasteiger partial charge < -0.3 is 14.8 Å². The van der Waals surface area contributed by atoms with Crippen LogP contribution in [0.5, 0.6) is 5.75 Å². The second kappa shape index (κ2) is 8.65. The van der Waals surface area contributed by atoms with Gasteiger partial charge in [0.1, 0.15) is 12.4 Å². The molecular weight excluding hydrogens is 402 g/mol. The number of carbonyl (C=O) groups is 2. The Labute approximate surface area is 189 Å². The first-order valence-electron chi connectivity index (χ1n) is 10.9. The molecule has 5 nitrogen and oxygen atoms in total. The second-order valence-corrected chi connectivity index (χ2v) is 9.27. The number of ketones is 1. The fourth-order valence-corrected chi connectivity index (χ4v) is 4.66. The van der Waals surface area contributed by atoms with Gasteiger partial charge in [0.15, 0.2) is 5.78 Å². The topological polar surface area (TPSA) is 64.6 Å². The first-order chi connectivity index (χ1) is 15.3. The lowest BCUT2D eigenvalue weighted by Gasteiger charge is -2.39. The lowest BCUT2D eigenvalue weighted by molar-refractivity contribution is -0.140. The SMILES string of the molecule is COc1cccc([C@H]2C(C(=O)OCc3ccccc3)=C(C)NC3=C2C(=O)CC(C)(C)C3)c1. The van der Waals surface area contributed by atoms with Gasteiger partial charge in [-0.3, -0.25) is 4.79 Å². The predicted octanol–water partition coefficient (Wildman–Crippen LogP) is 5.04. The van der Waals surface area contributed by atoms with Gasteiger partial charge in [-0.25, -0.2) is 4.79 Å². The summed E-state index contributed by atoms with van der Waals surface area (Å²) in [5, 5.41) is 3.37. The van der Waals surface area contributed by atoms with E-state index in [1.165, 1.54) is 0 Å². The van der Waals surface area contributed by atoms with Crippen molar-refractivity contribution in [3.8, 4) is 5.75 Å². The van der Waals surface area contributed by atoms with E-state index in [2.05, 4.69) is 19.2 Å². The summed E-state index contributed by atoms with van der Waals surface area (Å²) in [5.74, 6) is -0.164. The van der Waals surface area contributed by atoms with E-state index in [0.29, 0.717) is 23.3 Å². The Morgan fingerprint density at radius 1 is 1.09 bits per heavy atom. The Kier molecular flexibility index (Phi) is 5.92. The first-order valence-corrected chi connectivity index (χ1v) is 10.9. The molecule has 4 rings (SSSR count). The zero-order chi connectivity index (χ0) is 22.9. The first kappa shape index (κ1) is 21.9. The molecule has 166 valence electrons. The molecule has 0 bridgehead atoms. The number of Topliss-reactive ketones (excluding diaryl/α,β-unsaturated/α-hetero) is 1. The lowest BCUT2D eigenvalue weighted by Crippen LogP contribution is -2.38. The molecule has 0 amide bonds. The molecule has 0 saturated carbocycles. The van der Waals surface area contributed by atoms with Crippen molar-refractivity contribution in [1.82, 2.24) is 5.32 Å². The third-order valence-corrected chi connectivity index (χ3v) is 6.10. The van der Waals surface area contributed by atoms with E-state index < -0.39 is 11.9 Å². The van der Waals surface area contributed by atoms with E-state index >= 15 is 0 Å². The summed E-state index contributed by atoms with van der Waals surface area (Å²) in [4.78, 5) is 26.7. The third-order valence-electron chi connectivity index (χ3n) is 6.10. The van der Waals surface area contributed by atoms with Gasteiger partial charge in [0.05, 0.1) is 12.7 Å². The van der Waals surface area contributed by atoms with Gasteiger partial charge in [-0.1, -0.05) is 56.3 Å². The van der Waals surface area contributed by atoms with Crippen molar-refractivity contribution in [3.05, 3.63) is 88.3 Å². The Morgan fingerprint density at radius 3 is 2.56 bits per heavy atom. The fraction of sp³-hybridized carbons (Fsp3) is 0.333. The van der Waals surface area contributed by atoms with Crippen LogP contribution in [0.4, 0.5) is 0 Å². The molecule has 0 unspecified atom stereocenters. The highest BCUT2D eigenvalue weighted by atomic mass is 16.5. The smallest absolute Gasteiger partial charge is 0.337 e. The molecule has 1 aliphatic carbocycles. The van der Waals surface area contributed by atoms with Crippen LogP contribution in [0.15, 0.2) is 77.1 Å². The predicted molar refractivity (Wildman–Crippen MR) is 123 cm³/mol. The van der Waals surface area contributed by atoms with E-state index in [1.54, 1.807) is 7.11 Å². The van der Waals surface area contributed by atoms with Crippen LogP contribution in [0, 0.1) is 5.41 Å². The molecule has 0 radical (unpaired) electrons. The normalized spacial score (nSPS) is 19.9. The van der Waals surface area contributed by atoms with Gasteiger partial charge in [0.25, 0.3) is 0 Å². The van der Waals surface area contributed by atoms with Crippen molar-refractivity contribution in [2.75, 3.05) is 7.11 Å². The molecule has 0 aromatic heterocycles. The number of esters is 1. The van der Waals surface area contributed by atoms with Crippen LogP contribution in [0.25, 0.3) is 0 Å². The minimum Gasteiger partial charge on any atom is -0.497 e. The van der Waals surface area contributed by atoms with Crippen LogP contribution in [0.3, 0.4) is 0 Å². The molecule has 1 heterocycles. The molecule has 2 aliphatic rings. The third kappa shape index (κ3) is 4.33. The van der Waals surface area contributed by atoms with Crippen LogP contribution in [-0.4, -0.2) is 18.9 Å². The maximum atomic E-state index is 13.3. The van der Waals surface area contributed by atoms with Crippen molar-refractivity contribution < 1.29 is 19.1 Å². The number of dihydropyridines is 1. The number of nitrogens with one attached hydrogen (secondary N) is 1. The molecular formula is C27H29NO4. The summed E-state index contributed by atoms with van der Waals surface area (Å²) in [5.41, 5.74) is 4.38. The van der Waals surface area contributed by atoms with Gasteiger partial charge in [-0.15, -0.1) is 0 Å². The number of hydrogen-bond acceptors (Lipinski definition) is 5. The Hall–Kier alpha value is -3.34. The fourth-order valence-electron chi connectivity index (χ4n) is 4.66. The summed E-state index contributed by atoms with van der Waals surface area (Å²) >= 11 is 0. The number of methoxy groups -OCH3 is 1. The Morgan fingerprint density at radius 2 is 1.84 bits per heavy atom.